The zero-order chi connectivity index (χ0) is 7.11. The first kappa shape index (κ1) is 18.0. The third-order valence-electron chi connectivity index (χ3n) is 1.71. The van der Waals surface area contributed by atoms with Crippen LogP contribution in [-0.2, 0) is 0 Å². The van der Waals surface area contributed by atoms with Crippen molar-refractivity contribution in [2.24, 2.45) is 0 Å². The maximum atomic E-state index is 2.26. The van der Waals surface area contributed by atoms with Crippen LogP contribution in [0.4, 0.5) is 0 Å². The van der Waals surface area contributed by atoms with E-state index in [4.69, 9.17) is 0 Å². The molecule has 0 aromatic rings. The second kappa shape index (κ2) is 13.6. The van der Waals surface area contributed by atoms with Gasteiger partial charge < -0.3 is 18.3 Å². The van der Waals surface area contributed by atoms with Gasteiger partial charge >= 0.3 is 23.1 Å². The zero-order valence-corrected chi connectivity index (χ0v) is 10.3. The fraction of sp³-hybridized carbons (Fsp3) is 0.889. The smallest absolute Gasteiger partial charge is 1.00 e. The maximum absolute atomic E-state index is 2.26. The van der Waals surface area contributed by atoms with Crippen LogP contribution >= 0.6 is 0 Å². The quantitative estimate of drug-likeness (QED) is 0.425. The molecule has 2 heteroatoms. The van der Waals surface area contributed by atoms with E-state index in [2.05, 4.69) is 20.8 Å². The van der Waals surface area contributed by atoms with Crippen molar-refractivity contribution in [1.29, 1.82) is 0 Å². The van der Waals surface area contributed by atoms with Gasteiger partial charge in [0.15, 0.2) is 0 Å². The molecule has 0 N–H and O–H groups in total. The van der Waals surface area contributed by atoms with Gasteiger partial charge in [0.25, 0.3) is 0 Å². The van der Waals surface area contributed by atoms with Crippen LogP contribution in [0.2, 0.25) is 0 Å². The van der Waals surface area contributed by atoms with Gasteiger partial charge in [-0.25, -0.2) is 0 Å². The molecule has 0 fully saturated rings. The Labute approximate surface area is 94.1 Å². The summed E-state index contributed by atoms with van der Waals surface area (Å²) in [5.74, 6) is 1.75. The average Bonchev–Trinajstić information content (AvgIpc) is 1.88. The van der Waals surface area contributed by atoms with Gasteiger partial charge in [0, 0.05) is 0 Å². The molecular formula is C9H19ClMg. The van der Waals surface area contributed by atoms with Gasteiger partial charge in [-0.05, 0) is 0 Å². The van der Waals surface area contributed by atoms with Crippen molar-refractivity contribution in [2.45, 2.75) is 52.9 Å². The largest absolute Gasteiger partial charge is 2.00 e. The molecule has 0 atom stereocenters. The van der Waals surface area contributed by atoms with Crippen molar-refractivity contribution in [2.75, 3.05) is 0 Å². The molecule has 0 unspecified atom stereocenters. The summed E-state index contributed by atoms with van der Waals surface area (Å²) >= 11 is 0. The third-order valence-corrected chi connectivity index (χ3v) is 1.71. The van der Waals surface area contributed by atoms with Gasteiger partial charge in [-0.15, -0.1) is 0 Å². The Morgan fingerprint density at radius 3 is 1.45 bits per heavy atom. The Bertz CT molecular complexity index is 51.5. The zero-order valence-electron chi connectivity index (χ0n) is 8.12. The molecule has 0 amide bonds. The number of hydrogen-bond acceptors (Lipinski definition) is 0. The van der Waals surface area contributed by atoms with Crippen LogP contribution in [0.5, 0.6) is 0 Å². The summed E-state index contributed by atoms with van der Waals surface area (Å²) in [5, 5.41) is 0. The minimum atomic E-state index is 0. The van der Waals surface area contributed by atoms with E-state index in [1.807, 2.05) is 0 Å². The molecule has 0 aromatic carbocycles. The fourth-order valence-electron chi connectivity index (χ4n) is 1.19. The molecule has 64 valence electrons. The average molecular weight is 187 g/mol. The summed E-state index contributed by atoms with van der Waals surface area (Å²) in [7, 11) is 0. The van der Waals surface area contributed by atoms with Crippen molar-refractivity contribution in [3.63, 3.8) is 0 Å². The van der Waals surface area contributed by atoms with Gasteiger partial charge in [0.05, 0.1) is 0 Å². The predicted molar refractivity (Wildman–Crippen MR) is 49.1 cm³/mol. The Balaban J connectivity index is -0.000000320. The monoisotopic (exact) mass is 186 g/mol. The first-order valence-electron chi connectivity index (χ1n) is 4.18. The third kappa shape index (κ3) is 11.1. The predicted octanol–water partition coefficient (Wildman–Crippen LogP) is 0.194. The molecule has 0 spiro atoms. The molecule has 0 aliphatic carbocycles. The topological polar surface area (TPSA) is 0 Å². The summed E-state index contributed by atoms with van der Waals surface area (Å²) in [5.41, 5.74) is 0. The van der Waals surface area contributed by atoms with Gasteiger partial charge in [0.2, 0.25) is 0 Å². The molecule has 0 radical (unpaired) electrons. The van der Waals surface area contributed by atoms with Crippen LogP contribution in [0.3, 0.4) is 0 Å². The minimum Gasteiger partial charge on any atom is -1.00 e. The summed E-state index contributed by atoms with van der Waals surface area (Å²) in [4.78, 5) is 0. The summed E-state index contributed by atoms with van der Waals surface area (Å²) in [6.07, 6.45) is 6.64. The minimum absolute atomic E-state index is 0. The summed E-state index contributed by atoms with van der Waals surface area (Å²) < 4.78 is 0. The van der Waals surface area contributed by atoms with Crippen LogP contribution in [0, 0.1) is 5.92 Å². The standard InChI is InChI=1S/C9H19.ClH.Mg/c1-4-7-9(6-3)8-5-2;;/h4-8H2,1-3H3;1H;/q-1;;+2/p-1. The van der Waals surface area contributed by atoms with Crippen molar-refractivity contribution >= 4 is 23.1 Å². The van der Waals surface area contributed by atoms with Gasteiger partial charge in [0.1, 0.15) is 0 Å². The Hall–Kier alpha value is 1.06. The van der Waals surface area contributed by atoms with E-state index in [-0.39, 0.29) is 35.5 Å². The summed E-state index contributed by atoms with van der Waals surface area (Å²) in [6.45, 7) is 6.78. The molecule has 0 rings (SSSR count). The van der Waals surface area contributed by atoms with Crippen LogP contribution < -0.4 is 12.4 Å². The van der Waals surface area contributed by atoms with Crippen LogP contribution in [-0.4, -0.2) is 23.1 Å². The molecule has 0 saturated carbocycles. The van der Waals surface area contributed by atoms with Crippen LogP contribution in [0.15, 0.2) is 0 Å². The number of rotatable bonds is 5. The van der Waals surface area contributed by atoms with Crippen molar-refractivity contribution in [1.82, 2.24) is 0 Å². The molecule has 0 aromatic heterocycles. The second-order valence-electron chi connectivity index (χ2n) is 2.60. The molecule has 11 heavy (non-hydrogen) atoms. The van der Waals surface area contributed by atoms with E-state index in [1.165, 1.54) is 32.1 Å². The number of halogens is 1. The van der Waals surface area contributed by atoms with E-state index in [1.54, 1.807) is 5.92 Å². The van der Waals surface area contributed by atoms with E-state index < -0.39 is 0 Å². The molecule has 0 nitrogen and oxygen atoms in total. The fourth-order valence-corrected chi connectivity index (χ4v) is 1.19. The van der Waals surface area contributed by atoms with E-state index in [0.29, 0.717) is 0 Å². The Kier molecular flexibility index (Phi) is 22.3. The van der Waals surface area contributed by atoms with Crippen LogP contribution in [0.25, 0.3) is 0 Å². The molecule has 0 bridgehead atoms. The van der Waals surface area contributed by atoms with Crippen LogP contribution in [0.1, 0.15) is 52.9 Å². The van der Waals surface area contributed by atoms with Gasteiger partial charge in [-0.1, -0.05) is 33.6 Å². The van der Waals surface area contributed by atoms with Gasteiger partial charge in [-0.2, -0.15) is 19.3 Å². The molecule has 0 heterocycles. The normalized spacial score (nSPS) is 8.73. The second-order valence-corrected chi connectivity index (χ2v) is 2.60. The molecule has 0 aliphatic rings. The Morgan fingerprint density at radius 2 is 1.27 bits per heavy atom. The summed E-state index contributed by atoms with van der Waals surface area (Å²) in [6, 6.07) is 0. The van der Waals surface area contributed by atoms with Crippen molar-refractivity contribution in [3.05, 3.63) is 5.92 Å². The maximum Gasteiger partial charge on any atom is 2.00 e. The molecule has 0 saturated heterocycles. The number of hydrogen-bond donors (Lipinski definition) is 0. The van der Waals surface area contributed by atoms with E-state index >= 15 is 0 Å². The van der Waals surface area contributed by atoms with E-state index in [9.17, 15) is 0 Å². The SMILES string of the molecule is CCC[C-](CC)CCC.[Cl-].[Mg+2]. The first-order valence-corrected chi connectivity index (χ1v) is 4.18. The van der Waals surface area contributed by atoms with Gasteiger partial charge in [-0.3, -0.25) is 0 Å². The Morgan fingerprint density at radius 1 is 0.909 bits per heavy atom. The molecular weight excluding hydrogens is 168 g/mol. The van der Waals surface area contributed by atoms with E-state index in [0.717, 1.165) is 0 Å². The van der Waals surface area contributed by atoms with Crippen molar-refractivity contribution < 1.29 is 12.4 Å². The first-order chi connectivity index (χ1) is 4.35. The molecule has 0 aliphatic heterocycles. The van der Waals surface area contributed by atoms with Crippen molar-refractivity contribution in [3.8, 4) is 0 Å².